The maximum atomic E-state index is 13.2. The molecule has 1 aromatic heterocycles. The van der Waals surface area contributed by atoms with E-state index in [4.69, 9.17) is 23.1 Å². The normalized spacial score (nSPS) is 19.4. The molecule has 0 aliphatic heterocycles. The molecular formula is C18H22ClFN6O2. The van der Waals surface area contributed by atoms with Crippen molar-refractivity contribution in [3.8, 4) is 0 Å². The van der Waals surface area contributed by atoms with Crippen LogP contribution < -0.4 is 16.8 Å². The number of hydrogen-bond donors (Lipinski definition) is 3. The molecule has 1 aromatic carbocycles. The summed E-state index contributed by atoms with van der Waals surface area (Å²) in [4.78, 5) is 19.3. The second kappa shape index (κ2) is 8.66. The van der Waals surface area contributed by atoms with Crippen LogP contribution in [-0.2, 0) is 13.0 Å². The van der Waals surface area contributed by atoms with Crippen LogP contribution in [0.3, 0.4) is 0 Å². The van der Waals surface area contributed by atoms with Crippen molar-refractivity contribution in [1.82, 2.24) is 9.97 Å². The standard InChI is InChI=1S/C18H22ClFN6O2/c19-14-8-12(20)4-3-11(14)9-23-18-24-15(16(26(27)28)17(22)25-18)7-10-1-5-13(21)6-2-10/h3-4,8,10,13H,1-2,5-7,9,21H2,(H3,22,23,24,25)/t10-,13-. The highest BCUT2D eigenvalue weighted by molar-refractivity contribution is 6.31. The van der Waals surface area contributed by atoms with E-state index in [0.717, 1.165) is 25.7 Å². The Morgan fingerprint density at radius 3 is 2.64 bits per heavy atom. The molecule has 8 nitrogen and oxygen atoms in total. The summed E-state index contributed by atoms with van der Waals surface area (Å²) < 4.78 is 13.2. The van der Waals surface area contributed by atoms with Gasteiger partial charge in [0.15, 0.2) is 0 Å². The molecule has 1 aliphatic carbocycles. The predicted octanol–water partition coefficient (Wildman–Crippen LogP) is 3.43. The molecule has 0 saturated heterocycles. The molecule has 0 atom stereocenters. The number of anilines is 2. The molecule has 2 aromatic rings. The van der Waals surface area contributed by atoms with Crippen LogP contribution in [0.25, 0.3) is 0 Å². The zero-order chi connectivity index (χ0) is 20.3. The van der Waals surface area contributed by atoms with Gasteiger partial charge in [0.25, 0.3) is 0 Å². The van der Waals surface area contributed by atoms with Crippen molar-refractivity contribution in [2.45, 2.75) is 44.7 Å². The minimum Gasteiger partial charge on any atom is -0.378 e. The Bertz CT molecular complexity index is 873. The Balaban J connectivity index is 1.80. The average molecular weight is 409 g/mol. The average Bonchev–Trinajstić information content (AvgIpc) is 2.62. The minimum atomic E-state index is -0.542. The summed E-state index contributed by atoms with van der Waals surface area (Å²) in [6.07, 6.45) is 4.04. The largest absolute Gasteiger partial charge is 0.378 e. The number of halogens is 2. The molecule has 0 bridgehead atoms. The Kier molecular flexibility index (Phi) is 6.25. The van der Waals surface area contributed by atoms with Gasteiger partial charge < -0.3 is 16.8 Å². The summed E-state index contributed by atoms with van der Waals surface area (Å²) in [5.41, 5.74) is 12.5. The van der Waals surface area contributed by atoms with Gasteiger partial charge >= 0.3 is 5.69 Å². The van der Waals surface area contributed by atoms with Gasteiger partial charge in [0.2, 0.25) is 11.8 Å². The van der Waals surface area contributed by atoms with Crippen LogP contribution in [0.5, 0.6) is 0 Å². The van der Waals surface area contributed by atoms with Gasteiger partial charge in [-0.05, 0) is 55.7 Å². The maximum Gasteiger partial charge on any atom is 0.332 e. The number of nitro groups is 1. The number of nitrogens with two attached hydrogens (primary N) is 2. The lowest BCUT2D eigenvalue weighted by Gasteiger charge is -2.25. The van der Waals surface area contributed by atoms with Gasteiger partial charge in [-0.15, -0.1) is 0 Å². The van der Waals surface area contributed by atoms with Gasteiger partial charge in [-0.3, -0.25) is 10.1 Å². The Labute approximate surface area is 166 Å². The van der Waals surface area contributed by atoms with Crippen LogP contribution in [0.15, 0.2) is 18.2 Å². The number of benzene rings is 1. The molecule has 0 radical (unpaired) electrons. The van der Waals surface area contributed by atoms with Gasteiger partial charge in [0, 0.05) is 17.6 Å². The molecule has 3 rings (SSSR count). The second-order valence-electron chi connectivity index (χ2n) is 7.06. The lowest BCUT2D eigenvalue weighted by atomic mass is 9.83. The summed E-state index contributed by atoms with van der Waals surface area (Å²) >= 11 is 6.02. The third-order valence-corrected chi connectivity index (χ3v) is 5.34. The monoisotopic (exact) mass is 408 g/mol. The fourth-order valence-electron chi connectivity index (χ4n) is 3.45. The summed E-state index contributed by atoms with van der Waals surface area (Å²) in [5.74, 6) is -0.174. The topological polar surface area (TPSA) is 133 Å². The lowest BCUT2D eigenvalue weighted by molar-refractivity contribution is -0.385. The number of nitrogens with zero attached hydrogens (tertiary/aromatic N) is 3. The quantitative estimate of drug-likeness (QED) is 0.492. The van der Waals surface area contributed by atoms with Crippen molar-refractivity contribution in [3.05, 3.63) is 50.4 Å². The molecule has 1 saturated carbocycles. The second-order valence-corrected chi connectivity index (χ2v) is 7.47. The third kappa shape index (κ3) is 4.85. The van der Waals surface area contributed by atoms with E-state index in [0.29, 0.717) is 17.7 Å². The van der Waals surface area contributed by atoms with E-state index in [9.17, 15) is 14.5 Å². The van der Waals surface area contributed by atoms with E-state index in [-0.39, 0.29) is 41.0 Å². The van der Waals surface area contributed by atoms with Crippen LogP contribution in [0.2, 0.25) is 5.02 Å². The van der Waals surface area contributed by atoms with E-state index in [1.54, 1.807) is 6.07 Å². The maximum absolute atomic E-state index is 13.2. The van der Waals surface area contributed by atoms with E-state index < -0.39 is 10.7 Å². The number of rotatable bonds is 6. The number of nitrogens with one attached hydrogen (secondary N) is 1. The van der Waals surface area contributed by atoms with Gasteiger partial charge in [-0.1, -0.05) is 17.7 Å². The molecule has 28 heavy (non-hydrogen) atoms. The van der Waals surface area contributed by atoms with E-state index in [2.05, 4.69) is 15.3 Å². The molecule has 0 unspecified atom stereocenters. The molecule has 0 amide bonds. The smallest absolute Gasteiger partial charge is 0.332 e. The lowest BCUT2D eigenvalue weighted by Crippen LogP contribution is -2.27. The molecule has 150 valence electrons. The fraction of sp³-hybridized carbons (Fsp3) is 0.444. The third-order valence-electron chi connectivity index (χ3n) is 4.99. The van der Waals surface area contributed by atoms with Gasteiger partial charge in [-0.25, -0.2) is 9.37 Å². The van der Waals surface area contributed by atoms with Gasteiger partial charge in [0.1, 0.15) is 11.5 Å². The van der Waals surface area contributed by atoms with E-state index >= 15 is 0 Å². The summed E-state index contributed by atoms with van der Waals surface area (Å²) in [7, 11) is 0. The SMILES string of the molecule is Nc1nc(NCc2ccc(F)cc2Cl)nc(C[C@H]2CC[C@H](N)CC2)c1[N+](=O)[O-]. The van der Waals surface area contributed by atoms with Crippen LogP contribution in [0.4, 0.5) is 21.8 Å². The first-order valence-corrected chi connectivity index (χ1v) is 9.45. The van der Waals surface area contributed by atoms with Gasteiger partial charge in [-0.2, -0.15) is 4.98 Å². The van der Waals surface area contributed by atoms with Gasteiger partial charge in [0.05, 0.1) is 4.92 Å². The minimum absolute atomic E-state index is 0.172. The molecule has 1 aliphatic rings. The van der Waals surface area contributed by atoms with Crippen molar-refractivity contribution in [3.63, 3.8) is 0 Å². The number of aromatic nitrogens is 2. The summed E-state index contributed by atoms with van der Waals surface area (Å²) in [6.45, 7) is 0.230. The van der Waals surface area contributed by atoms with Crippen molar-refractivity contribution < 1.29 is 9.31 Å². The Morgan fingerprint density at radius 1 is 1.29 bits per heavy atom. The Hall–Kier alpha value is -2.52. The highest BCUT2D eigenvalue weighted by Gasteiger charge is 2.27. The first-order valence-electron chi connectivity index (χ1n) is 9.07. The highest BCUT2D eigenvalue weighted by atomic mass is 35.5. The van der Waals surface area contributed by atoms with E-state index in [1.165, 1.54) is 12.1 Å². The van der Waals surface area contributed by atoms with Crippen molar-refractivity contribution in [1.29, 1.82) is 0 Å². The van der Waals surface area contributed by atoms with E-state index in [1.807, 2.05) is 0 Å². The highest BCUT2D eigenvalue weighted by Crippen LogP contribution is 2.32. The van der Waals surface area contributed by atoms with Crippen molar-refractivity contribution >= 4 is 29.1 Å². The number of nitrogen functional groups attached to an aromatic ring is 1. The summed E-state index contributed by atoms with van der Waals surface area (Å²) in [5, 5.41) is 14.7. The molecule has 5 N–H and O–H groups in total. The van der Waals surface area contributed by atoms with Crippen LogP contribution in [0, 0.1) is 21.8 Å². The van der Waals surface area contributed by atoms with Crippen molar-refractivity contribution in [2.24, 2.45) is 11.7 Å². The zero-order valence-electron chi connectivity index (χ0n) is 15.2. The first-order chi connectivity index (χ1) is 13.3. The van der Waals surface area contributed by atoms with Crippen LogP contribution in [0.1, 0.15) is 36.9 Å². The zero-order valence-corrected chi connectivity index (χ0v) is 16.0. The molecule has 1 heterocycles. The first kappa shape index (κ1) is 20.2. The fourth-order valence-corrected chi connectivity index (χ4v) is 3.68. The Morgan fingerprint density at radius 2 is 2.00 bits per heavy atom. The van der Waals surface area contributed by atoms with Crippen LogP contribution >= 0.6 is 11.6 Å². The van der Waals surface area contributed by atoms with Crippen molar-refractivity contribution in [2.75, 3.05) is 11.1 Å². The van der Waals surface area contributed by atoms with Crippen LogP contribution in [-0.4, -0.2) is 20.9 Å². The molecule has 0 spiro atoms. The molecular weight excluding hydrogens is 387 g/mol. The number of hydrogen-bond acceptors (Lipinski definition) is 7. The predicted molar refractivity (Wildman–Crippen MR) is 105 cm³/mol. The molecule has 10 heteroatoms. The molecule has 1 fully saturated rings. The summed E-state index contributed by atoms with van der Waals surface area (Å²) in [6, 6.07) is 4.25.